The Bertz CT molecular complexity index is 1160. The number of nitrogens with zero attached hydrogens (tertiary/aromatic N) is 2. The van der Waals surface area contributed by atoms with Crippen LogP contribution < -0.4 is 9.62 Å². The van der Waals surface area contributed by atoms with Gasteiger partial charge in [-0.05, 0) is 37.3 Å². The minimum atomic E-state index is -3.98. The molecule has 0 aliphatic rings. The Balaban J connectivity index is 1.96. The lowest BCUT2D eigenvalue weighted by molar-refractivity contribution is 0.102. The van der Waals surface area contributed by atoms with Gasteiger partial charge in [-0.3, -0.25) is 14.4 Å². The largest absolute Gasteiger partial charge is 0.298 e. The van der Waals surface area contributed by atoms with E-state index in [9.17, 15) is 13.2 Å². The number of hydrogen-bond acceptors (Lipinski definition) is 5. The molecule has 0 unspecified atom stereocenters. The highest BCUT2D eigenvalue weighted by atomic mass is 35.5. The van der Waals surface area contributed by atoms with Gasteiger partial charge in [-0.25, -0.2) is 13.4 Å². The summed E-state index contributed by atoms with van der Waals surface area (Å²) < 4.78 is 27.7. The summed E-state index contributed by atoms with van der Waals surface area (Å²) >= 11 is 7.55. The third-order valence-corrected chi connectivity index (χ3v) is 6.87. The summed E-state index contributed by atoms with van der Waals surface area (Å²) in [6.45, 7) is 5.55. The highest BCUT2D eigenvalue weighted by Gasteiger charge is 2.26. The van der Waals surface area contributed by atoms with Gasteiger partial charge >= 0.3 is 0 Å². The monoisotopic (exact) mass is 447 g/mol. The number of para-hydroxylation sites is 1. The molecule has 9 heteroatoms. The molecule has 0 saturated carbocycles. The third-order valence-electron chi connectivity index (χ3n) is 3.94. The van der Waals surface area contributed by atoms with Gasteiger partial charge in [0.05, 0.1) is 22.2 Å². The van der Waals surface area contributed by atoms with Crippen molar-refractivity contribution in [3.05, 3.63) is 82.8 Å². The highest BCUT2D eigenvalue weighted by molar-refractivity contribution is 7.92. The molecule has 0 aliphatic heterocycles. The number of carbonyl (C=O) groups is 1. The molecule has 3 aromatic rings. The fourth-order valence-electron chi connectivity index (χ4n) is 2.60. The van der Waals surface area contributed by atoms with Crippen LogP contribution in [0.5, 0.6) is 0 Å². The van der Waals surface area contributed by atoms with Gasteiger partial charge in [0.25, 0.3) is 15.9 Å². The molecule has 150 valence electrons. The van der Waals surface area contributed by atoms with Crippen molar-refractivity contribution >= 4 is 49.7 Å². The first-order valence-electron chi connectivity index (χ1n) is 8.55. The van der Waals surface area contributed by atoms with Gasteiger partial charge in [0, 0.05) is 16.6 Å². The minimum absolute atomic E-state index is 0.0257. The molecular formula is C20H18ClN3O3S2. The van der Waals surface area contributed by atoms with E-state index in [0.29, 0.717) is 15.8 Å². The van der Waals surface area contributed by atoms with E-state index in [4.69, 9.17) is 11.6 Å². The molecule has 0 saturated heterocycles. The van der Waals surface area contributed by atoms with Crippen molar-refractivity contribution in [2.24, 2.45) is 0 Å². The Morgan fingerprint density at radius 3 is 2.69 bits per heavy atom. The van der Waals surface area contributed by atoms with Crippen molar-refractivity contribution in [3.63, 3.8) is 0 Å². The van der Waals surface area contributed by atoms with E-state index in [0.717, 1.165) is 9.18 Å². The van der Waals surface area contributed by atoms with Crippen LogP contribution in [0.25, 0.3) is 0 Å². The molecule has 0 aliphatic carbocycles. The van der Waals surface area contributed by atoms with Crippen LogP contribution in [-0.2, 0) is 10.0 Å². The first kappa shape index (κ1) is 21.0. The van der Waals surface area contributed by atoms with Crippen molar-refractivity contribution < 1.29 is 13.2 Å². The van der Waals surface area contributed by atoms with Crippen LogP contribution in [0.2, 0.25) is 5.02 Å². The number of amides is 1. The highest BCUT2D eigenvalue weighted by Crippen LogP contribution is 2.30. The second kappa shape index (κ2) is 8.77. The Labute approximate surface area is 178 Å². The predicted molar refractivity (Wildman–Crippen MR) is 117 cm³/mol. The van der Waals surface area contributed by atoms with Crippen LogP contribution in [0.15, 0.2) is 72.3 Å². The number of sulfonamides is 1. The normalized spacial score (nSPS) is 11.1. The molecule has 1 aromatic heterocycles. The number of benzene rings is 2. The molecule has 1 N–H and O–H groups in total. The molecule has 2 aromatic carbocycles. The molecule has 0 atom stereocenters. The number of halogens is 1. The molecule has 0 radical (unpaired) electrons. The Morgan fingerprint density at radius 1 is 1.28 bits per heavy atom. The van der Waals surface area contributed by atoms with E-state index in [1.54, 1.807) is 36.5 Å². The molecule has 3 rings (SSSR count). The maximum absolute atomic E-state index is 13.3. The second-order valence-electron chi connectivity index (χ2n) is 6.03. The number of nitrogens with one attached hydrogen (secondary N) is 1. The van der Waals surface area contributed by atoms with E-state index in [1.165, 1.54) is 35.6 Å². The standard InChI is InChI=1S/C20H18ClN3O3S2/c1-3-11-24(18-10-5-4-9-17(18)21)29(26,27)16-8-6-7-15(12-16)19(25)23-20-22-13-14(2)28-20/h3-10,12-13H,1,11H2,2H3,(H,22,23,25). The summed E-state index contributed by atoms with van der Waals surface area (Å²) in [5.41, 5.74) is 0.541. The number of thiazole rings is 1. The van der Waals surface area contributed by atoms with Gasteiger partial charge in [-0.2, -0.15) is 0 Å². The van der Waals surface area contributed by atoms with Crippen molar-refractivity contribution in [1.29, 1.82) is 0 Å². The number of aromatic nitrogens is 1. The predicted octanol–water partition coefficient (Wildman–Crippen LogP) is 4.74. The number of anilines is 2. The van der Waals surface area contributed by atoms with E-state index >= 15 is 0 Å². The minimum Gasteiger partial charge on any atom is -0.298 e. The van der Waals surface area contributed by atoms with Crippen LogP contribution in [0.4, 0.5) is 10.8 Å². The number of hydrogen-bond donors (Lipinski definition) is 1. The molecule has 1 amide bonds. The van der Waals surface area contributed by atoms with Gasteiger partial charge in [0.1, 0.15) is 0 Å². The van der Waals surface area contributed by atoms with Gasteiger partial charge in [-0.15, -0.1) is 17.9 Å². The fraction of sp³-hybridized carbons (Fsp3) is 0.100. The Hall–Kier alpha value is -2.68. The first-order valence-corrected chi connectivity index (χ1v) is 11.2. The van der Waals surface area contributed by atoms with E-state index in [-0.39, 0.29) is 17.0 Å². The number of aryl methyl sites for hydroxylation is 1. The Kier molecular flexibility index (Phi) is 6.36. The average Bonchev–Trinajstić information content (AvgIpc) is 3.11. The van der Waals surface area contributed by atoms with Crippen LogP contribution in [-0.4, -0.2) is 25.9 Å². The van der Waals surface area contributed by atoms with Gasteiger partial charge in [0.2, 0.25) is 0 Å². The maximum Gasteiger partial charge on any atom is 0.264 e. The summed E-state index contributed by atoms with van der Waals surface area (Å²) in [5.74, 6) is -0.440. The van der Waals surface area contributed by atoms with E-state index in [1.807, 2.05) is 6.92 Å². The summed E-state index contributed by atoms with van der Waals surface area (Å²) in [7, 11) is -3.98. The topological polar surface area (TPSA) is 79.4 Å². The van der Waals surface area contributed by atoms with Crippen LogP contribution in [0, 0.1) is 6.92 Å². The fourth-order valence-corrected chi connectivity index (χ4v) is 5.05. The smallest absolute Gasteiger partial charge is 0.264 e. The average molecular weight is 448 g/mol. The zero-order valence-electron chi connectivity index (χ0n) is 15.5. The maximum atomic E-state index is 13.3. The van der Waals surface area contributed by atoms with Crippen molar-refractivity contribution in [2.75, 3.05) is 16.2 Å². The third kappa shape index (κ3) is 4.67. The molecule has 1 heterocycles. The molecule has 0 fully saturated rings. The summed E-state index contributed by atoms with van der Waals surface area (Å²) in [5, 5.41) is 3.42. The van der Waals surface area contributed by atoms with E-state index < -0.39 is 15.9 Å². The lowest BCUT2D eigenvalue weighted by atomic mass is 10.2. The van der Waals surface area contributed by atoms with Crippen LogP contribution >= 0.6 is 22.9 Å². The first-order chi connectivity index (χ1) is 13.8. The molecule has 29 heavy (non-hydrogen) atoms. The summed E-state index contributed by atoms with van der Waals surface area (Å²) in [6.07, 6.45) is 3.13. The Morgan fingerprint density at radius 2 is 2.03 bits per heavy atom. The van der Waals surface area contributed by atoms with Crippen LogP contribution in [0.1, 0.15) is 15.2 Å². The summed E-state index contributed by atoms with van der Waals surface area (Å²) in [4.78, 5) is 17.6. The van der Waals surface area contributed by atoms with Crippen molar-refractivity contribution in [1.82, 2.24) is 4.98 Å². The molecular weight excluding hydrogens is 430 g/mol. The quantitative estimate of drug-likeness (QED) is 0.530. The number of carbonyl (C=O) groups excluding carboxylic acids is 1. The summed E-state index contributed by atoms with van der Waals surface area (Å²) in [6, 6.07) is 12.5. The zero-order chi connectivity index (χ0) is 21.0. The molecule has 6 nitrogen and oxygen atoms in total. The van der Waals surface area contributed by atoms with Gasteiger partial charge < -0.3 is 0 Å². The number of rotatable bonds is 7. The SMILES string of the molecule is C=CCN(c1ccccc1Cl)S(=O)(=O)c1cccc(C(=O)Nc2ncc(C)s2)c1. The molecule has 0 bridgehead atoms. The van der Waals surface area contributed by atoms with Crippen molar-refractivity contribution in [2.45, 2.75) is 11.8 Å². The van der Waals surface area contributed by atoms with Gasteiger partial charge in [0.15, 0.2) is 5.13 Å². The second-order valence-corrected chi connectivity index (χ2v) is 9.54. The molecule has 0 spiro atoms. The van der Waals surface area contributed by atoms with E-state index in [2.05, 4.69) is 16.9 Å². The van der Waals surface area contributed by atoms with Gasteiger partial charge in [-0.1, -0.05) is 35.9 Å². The lowest BCUT2D eigenvalue weighted by Crippen LogP contribution is -2.31. The van der Waals surface area contributed by atoms with Crippen molar-refractivity contribution in [3.8, 4) is 0 Å². The lowest BCUT2D eigenvalue weighted by Gasteiger charge is -2.24. The van der Waals surface area contributed by atoms with Crippen LogP contribution in [0.3, 0.4) is 0 Å². The zero-order valence-corrected chi connectivity index (χ0v) is 17.9.